The van der Waals surface area contributed by atoms with Crippen LogP contribution in [0.4, 0.5) is 5.95 Å². The van der Waals surface area contributed by atoms with Crippen molar-refractivity contribution < 1.29 is 4.79 Å². The molecule has 2 heterocycles. The number of hydrogen-bond acceptors (Lipinski definition) is 4. The molecule has 0 aliphatic heterocycles. The first-order valence-corrected chi connectivity index (χ1v) is 5.71. The van der Waals surface area contributed by atoms with E-state index in [2.05, 4.69) is 15.3 Å². The maximum Gasteiger partial charge on any atom is 0.268 e. The first-order chi connectivity index (χ1) is 7.65. The van der Waals surface area contributed by atoms with Crippen molar-refractivity contribution in [1.82, 2.24) is 9.97 Å². The van der Waals surface area contributed by atoms with E-state index in [0.717, 1.165) is 4.88 Å². The van der Waals surface area contributed by atoms with E-state index >= 15 is 0 Å². The van der Waals surface area contributed by atoms with E-state index in [9.17, 15) is 4.79 Å². The van der Waals surface area contributed by atoms with E-state index < -0.39 is 0 Å². The first-order valence-electron chi connectivity index (χ1n) is 4.51. The van der Waals surface area contributed by atoms with Gasteiger partial charge in [0.25, 0.3) is 5.91 Å². The summed E-state index contributed by atoms with van der Waals surface area (Å²) in [6, 6.07) is 5.20. The van der Waals surface area contributed by atoms with E-state index in [1.807, 2.05) is 13.0 Å². The zero-order chi connectivity index (χ0) is 11.5. The lowest BCUT2D eigenvalue weighted by molar-refractivity contribution is 0.102. The molecule has 4 nitrogen and oxygen atoms in total. The Morgan fingerprint density at radius 2 is 2.25 bits per heavy atom. The highest BCUT2D eigenvalue weighted by Gasteiger charge is 2.09. The summed E-state index contributed by atoms with van der Waals surface area (Å²) in [7, 11) is 0. The van der Waals surface area contributed by atoms with Crippen LogP contribution in [0.1, 0.15) is 14.5 Å². The highest BCUT2D eigenvalue weighted by molar-refractivity contribution is 7.14. The summed E-state index contributed by atoms with van der Waals surface area (Å²) in [5, 5.41) is 2.88. The van der Waals surface area contributed by atoms with Crippen molar-refractivity contribution in [3.05, 3.63) is 39.3 Å². The van der Waals surface area contributed by atoms with E-state index in [4.69, 9.17) is 11.6 Å². The number of aryl methyl sites for hydroxylation is 1. The predicted molar refractivity (Wildman–Crippen MR) is 64.1 cm³/mol. The number of amides is 1. The molecule has 0 radical (unpaired) electrons. The minimum absolute atomic E-state index is 0.212. The molecule has 0 saturated carbocycles. The van der Waals surface area contributed by atoms with Crippen molar-refractivity contribution >= 4 is 34.8 Å². The van der Waals surface area contributed by atoms with Crippen molar-refractivity contribution in [1.29, 1.82) is 0 Å². The number of hydrogen-bond donors (Lipinski definition) is 1. The van der Waals surface area contributed by atoms with Gasteiger partial charge in [-0.05, 0) is 25.1 Å². The molecule has 0 fully saturated rings. The minimum atomic E-state index is -0.222. The van der Waals surface area contributed by atoms with Gasteiger partial charge in [-0.2, -0.15) is 0 Å². The van der Waals surface area contributed by atoms with Crippen LogP contribution < -0.4 is 5.32 Å². The SMILES string of the molecule is Cc1ccc(C(=O)Nc2nccc(Cl)n2)s1. The molecule has 82 valence electrons. The molecule has 1 N–H and O–H groups in total. The Hall–Kier alpha value is -1.46. The van der Waals surface area contributed by atoms with Gasteiger partial charge >= 0.3 is 0 Å². The lowest BCUT2D eigenvalue weighted by Gasteiger charge is -2.00. The van der Waals surface area contributed by atoms with Gasteiger partial charge in [-0.1, -0.05) is 11.6 Å². The van der Waals surface area contributed by atoms with Crippen LogP contribution in [0.3, 0.4) is 0 Å². The van der Waals surface area contributed by atoms with E-state index in [1.54, 1.807) is 12.1 Å². The van der Waals surface area contributed by atoms with Gasteiger partial charge in [0.2, 0.25) is 5.95 Å². The Kier molecular flexibility index (Phi) is 3.17. The Labute approximate surface area is 101 Å². The Morgan fingerprint density at radius 3 is 2.88 bits per heavy atom. The van der Waals surface area contributed by atoms with Gasteiger partial charge in [0.15, 0.2) is 0 Å². The lowest BCUT2D eigenvalue weighted by atomic mass is 10.4. The number of nitrogens with zero attached hydrogens (tertiary/aromatic N) is 2. The maximum atomic E-state index is 11.7. The third kappa shape index (κ3) is 2.56. The molecule has 0 unspecified atom stereocenters. The lowest BCUT2D eigenvalue weighted by Crippen LogP contribution is -2.12. The number of aromatic nitrogens is 2. The molecular formula is C10H8ClN3OS. The minimum Gasteiger partial charge on any atom is -0.290 e. The second kappa shape index (κ2) is 4.59. The summed E-state index contributed by atoms with van der Waals surface area (Å²) in [4.78, 5) is 21.2. The number of thiophene rings is 1. The van der Waals surface area contributed by atoms with Gasteiger partial charge < -0.3 is 0 Å². The fourth-order valence-corrected chi connectivity index (χ4v) is 2.02. The van der Waals surface area contributed by atoms with Crippen molar-refractivity contribution in [2.75, 3.05) is 5.32 Å². The Morgan fingerprint density at radius 1 is 1.44 bits per heavy atom. The summed E-state index contributed by atoms with van der Waals surface area (Å²) in [6.07, 6.45) is 1.49. The molecular weight excluding hydrogens is 246 g/mol. The van der Waals surface area contributed by atoms with Gasteiger partial charge in [-0.3, -0.25) is 10.1 Å². The molecule has 0 bridgehead atoms. The van der Waals surface area contributed by atoms with Crippen LogP contribution in [0, 0.1) is 6.92 Å². The van der Waals surface area contributed by atoms with Crippen LogP contribution in [0.2, 0.25) is 5.15 Å². The van der Waals surface area contributed by atoms with Crippen LogP contribution >= 0.6 is 22.9 Å². The zero-order valence-corrected chi connectivity index (χ0v) is 9.97. The average Bonchev–Trinajstić information content (AvgIpc) is 2.65. The number of halogens is 1. The normalized spacial score (nSPS) is 10.1. The van der Waals surface area contributed by atoms with Gasteiger partial charge in [0, 0.05) is 11.1 Å². The summed E-state index contributed by atoms with van der Waals surface area (Å²) in [6.45, 7) is 1.94. The second-order valence-electron chi connectivity index (χ2n) is 3.07. The quantitative estimate of drug-likeness (QED) is 0.838. The second-order valence-corrected chi connectivity index (χ2v) is 4.74. The monoisotopic (exact) mass is 253 g/mol. The van der Waals surface area contributed by atoms with Gasteiger partial charge in [0.05, 0.1) is 4.88 Å². The zero-order valence-electron chi connectivity index (χ0n) is 8.40. The van der Waals surface area contributed by atoms with Crippen LogP contribution in [-0.4, -0.2) is 15.9 Å². The molecule has 1 amide bonds. The van der Waals surface area contributed by atoms with Crippen molar-refractivity contribution in [2.45, 2.75) is 6.92 Å². The van der Waals surface area contributed by atoms with Crippen molar-refractivity contribution in [3.63, 3.8) is 0 Å². The molecule has 0 aliphatic rings. The molecule has 2 aromatic heterocycles. The van der Waals surface area contributed by atoms with Crippen LogP contribution in [-0.2, 0) is 0 Å². The Bertz CT molecular complexity index is 526. The van der Waals surface area contributed by atoms with E-state index in [1.165, 1.54) is 17.5 Å². The van der Waals surface area contributed by atoms with E-state index in [0.29, 0.717) is 10.0 Å². The smallest absolute Gasteiger partial charge is 0.268 e. The number of anilines is 1. The number of nitrogens with one attached hydrogen (secondary N) is 1. The summed E-state index contributed by atoms with van der Waals surface area (Å²) in [5.74, 6) is -0.0103. The van der Waals surface area contributed by atoms with E-state index in [-0.39, 0.29) is 11.9 Å². The van der Waals surface area contributed by atoms with Gasteiger partial charge in [-0.15, -0.1) is 11.3 Å². The predicted octanol–water partition coefficient (Wildman–Crippen LogP) is 2.75. The number of carbonyl (C=O) groups excluding carboxylic acids is 1. The number of carbonyl (C=O) groups is 1. The highest BCUT2D eigenvalue weighted by Crippen LogP contribution is 2.16. The fraction of sp³-hybridized carbons (Fsp3) is 0.100. The molecule has 2 rings (SSSR count). The third-order valence-corrected chi connectivity index (χ3v) is 3.02. The summed E-state index contributed by atoms with van der Waals surface area (Å²) >= 11 is 7.10. The Balaban J connectivity index is 2.13. The molecule has 6 heteroatoms. The average molecular weight is 254 g/mol. The summed E-state index contributed by atoms with van der Waals surface area (Å²) in [5.41, 5.74) is 0. The fourth-order valence-electron chi connectivity index (χ4n) is 1.12. The van der Waals surface area contributed by atoms with Gasteiger partial charge in [-0.25, -0.2) is 9.97 Å². The van der Waals surface area contributed by atoms with Crippen LogP contribution in [0.5, 0.6) is 0 Å². The van der Waals surface area contributed by atoms with Gasteiger partial charge in [0.1, 0.15) is 5.15 Å². The molecule has 0 spiro atoms. The largest absolute Gasteiger partial charge is 0.290 e. The van der Waals surface area contributed by atoms with Crippen molar-refractivity contribution in [3.8, 4) is 0 Å². The molecule has 0 aromatic carbocycles. The summed E-state index contributed by atoms with van der Waals surface area (Å²) < 4.78 is 0. The molecule has 0 aliphatic carbocycles. The molecule has 2 aromatic rings. The molecule has 0 saturated heterocycles. The highest BCUT2D eigenvalue weighted by atomic mass is 35.5. The third-order valence-electron chi connectivity index (χ3n) is 1.81. The number of rotatable bonds is 2. The molecule has 16 heavy (non-hydrogen) atoms. The standard InChI is InChI=1S/C10H8ClN3OS/c1-6-2-3-7(16-6)9(15)14-10-12-5-4-8(11)13-10/h2-5H,1H3,(H,12,13,14,15). The topological polar surface area (TPSA) is 54.9 Å². The molecule has 0 atom stereocenters. The first kappa shape index (κ1) is 11.0. The van der Waals surface area contributed by atoms with Crippen molar-refractivity contribution in [2.24, 2.45) is 0 Å². The van der Waals surface area contributed by atoms with Crippen LogP contribution in [0.15, 0.2) is 24.4 Å². The van der Waals surface area contributed by atoms with Crippen LogP contribution in [0.25, 0.3) is 0 Å². The maximum absolute atomic E-state index is 11.7.